The Kier molecular flexibility index (Phi) is 6.83. The van der Waals surface area contributed by atoms with Gasteiger partial charge < -0.3 is 14.6 Å². The molecule has 36 heavy (non-hydrogen) atoms. The van der Waals surface area contributed by atoms with E-state index < -0.39 is 51.7 Å². The molecule has 1 N–H and O–H groups in total. The topological polar surface area (TPSA) is 107 Å². The fourth-order valence-electron chi connectivity index (χ4n) is 8.00. The molecule has 3 fully saturated rings. The molecule has 0 aromatic heterocycles. The van der Waals surface area contributed by atoms with Crippen molar-refractivity contribution in [3.8, 4) is 0 Å². The minimum atomic E-state index is -1.52. The molecule has 2 unspecified atom stereocenters. The lowest BCUT2D eigenvalue weighted by molar-refractivity contribution is -0.199. The van der Waals surface area contributed by atoms with Crippen molar-refractivity contribution >= 4 is 35.1 Å². The van der Waals surface area contributed by atoms with Crippen LogP contribution in [0.3, 0.4) is 0 Å². The summed E-state index contributed by atoms with van der Waals surface area (Å²) in [5, 5.41) is 11.8. The maximum Gasteiger partial charge on any atom is 0.306 e. The molecular weight excluding hydrogens is 484 g/mol. The molecule has 7 nitrogen and oxygen atoms in total. The summed E-state index contributed by atoms with van der Waals surface area (Å²) in [6, 6.07) is 0. The molecule has 0 heterocycles. The number of ether oxygens (including phenoxy) is 2. The summed E-state index contributed by atoms with van der Waals surface area (Å²) in [7, 11) is 0. The summed E-state index contributed by atoms with van der Waals surface area (Å²) in [5.41, 5.74) is -2.23. The molecule has 0 aromatic carbocycles. The van der Waals surface area contributed by atoms with Gasteiger partial charge in [-0.05, 0) is 62.0 Å². The van der Waals surface area contributed by atoms with Gasteiger partial charge in [0.2, 0.25) is 5.78 Å². The average Bonchev–Trinajstić information content (AvgIpc) is 3.08. The van der Waals surface area contributed by atoms with Crippen LogP contribution in [0.15, 0.2) is 23.8 Å². The molecule has 3 saturated carbocycles. The number of rotatable bonds is 6. The van der Waals surface area contributed by atoms with E-state index in [-0.39, 0.29) is 42.8 Å². The Bertz CT molecular complexity index is 1050. The lowest BCUT2D eigenvalue weighted by atomic mass is 9.44. The highest BCUT2D eigenvalue weighted by atomic mass is 35.5. The number of hydrogen-bond acceptors (Lipinski definition) is 7. The summed E-state index contributed by atoms with van der Waals surface area (Å²) in [6.45, 7) is 8.56. The fourth-order valence-corrected chi connectivity index (χ4v) is 8.49. The Morgan fingerprint density at radius 1 is 1.22 bits per heavy atom. The number of allylic oxidation sites excluding steroid dienone is 4. The highest BCUT2D eigenvalue weighted by Crippen LogP contribution is 2.71. The number of fused-ring (bicyclic) bond motifs is 5. The number of hydrogen-bond donors (Lipinski definition) is 1. The number of carbonyl (C=O) groups is 4. The van der Waals surface area contributed by atoms with E-state index in [0.29, 0.717) is 19.3 Å². The molecule has 0 radical (unpaired) electrons. The predicted molar refractivity (Wildman–Crippen MR) is 133 cm³/mol. The van der Waals surface area contributed by atoms with Gasteiger partial charge in [-0.1, -0.05) is 39.3 Å². The van der Waals surface area contributed by atoms with Gasteiger partial charge in [-0.3, -0.25) is 19.2 Å². The molecule has 8 heteroatoms. The van der Waals surface area contributed by atoms with E-state index in [2.05, 4.69) is 6.92 Å². The summed E-state index contributed by atoms with van der Waals surface area (Å²) in [5.74, 6) is -1.88. The first kappa shape index (κ1) is 27.1. The lowest BCUT2D eigenvalue weighted by Crippen LogP contribution is -2.70. The van der Waals surface area contributed by atoms with Crippen molar-refractivity contribution in [3.05, 3.63) is 23.8 Å². The maximum atomic E-state index is 13.7. The summed E-state index contributed by atoms with van der Waals surface area (Å²) < 4.78 is 11.1. The molecular formula is C28H37ClO7. The highest BCUT2D eigenvalue weighted by Gasteiger charge is 2.75. The normalized spacial score (nSPS) is 43.1. The molecule has 8 atom stereocenters. The SMILES string of the molecule is CCCC(=O)O[C@]1(C(=O)COC(C)=O)CC[C@H]2[C@@H]3CC(C)C4=CC(=O)C=C[C@]4(C)[C@@]3(Cl)C(O)C[C@@]21C. The predicted octanol–water partition coefficient (Wildman–Crippen LogP) is 4.09. The van der Waals surface area contributed by atoms with Crippen molar-refractivity contribution in [2.24, 2.45) is 28.6 Å². The number of carbonyl (C=O) groups excluding carboxylic acids is 4. The van der Waals surface area contributed by atoms with Crippen LogP contribution >= 0.6 is 11.6 Å². The van der Waals surface area contributed by atoms with E-state index in [1.165, 1.54) is 13.0 Å². The van der Waals surface area contributed by atoms with Crippen LogP contribution in [0.4, 0.5) is 0 Å². The zero-order valence-electron chi connectivity index (χ0n) is 21.8. The minimum absolute atomic E-state index is 0.0460. The molecule has 0 aliphatic heterocycles. The zero-order valence-corrected chi connectivity index (χ0v) is 22.5. The number of aliphatic hydroxyl groups is 1. The van der Waals surface area contributed by atoms with Gasteiger partial charge >= 0.3 is 11.9 Å². The third kappa shape index (κ3) is 3.64. The van der Waals surface area contributed by atoms with Crippen molar-refractivity contribution in [1.82, 2.24) is 0 Å². The standard InChI is InChI=1S/C28H37ClO7/c1-6-7-24(34)36-27(23(33)15-35-17(3)30)11-9-19-21-12-16(2)20-13-18(31)8-10-25(20,4)28(21,29)22(32)14-26(19,27)5/h8,10,13,16,19,21-22,32H,6-7,9,11-12,14-15H2,1-5H3/t16?,19-,21-,22?,25-,26-,27-,28-/m0/s1. The van der Waals surface area contributed by atoms with Crippen molar-refractivity contribution in [2.45, 2.75) is 89.7 Å². The van der Waals surface area contributed by atoms with Crippen LogP contribution in [0.1, 0.15) is 73.1 Å². The molecule has 4 rings (SSSR count). The molecule has 0 aromatic rings. The second-order valence-electron chi connectivity index (χ2n) is 11.6. The number of esters is 2. The highest BCUT2D eigenvalue weighted by molar-refractivity contribution is 6.26. The Morgan fingerprint density at radius 3 is 2.56 bits per heavy atom. The van der Waals surface area contributed by atoms with E-state index in [9.17, 15) is 24.3 Å². The number of aliphatic hydroxyl groups excluding tert-OH is 1. The number of alkyl halides is 1. The first-order valence-corrected chi connectivity index (χ1v) is 13.4. The van der Waals surface area contributed by atoms with Crippen LogP contribution in [0, 0.1) is 28.6 Å². The Labute approximate surface area is 217 Å². The zero-order chi connectivity index (χ0) is 26.7. The van der Waals surface area contributed by atoms with E-state index >= 15 is 0 Å². The van der Waals surface area contributed by atoms with Gasteiger partial charge in [0.1, 0.15) is 0 Å². The quantitative estimate of drug-likeness (QED) is 0.415. The molecule has 4 aliphatic rings. The van der Waals surface area contributed by atoms with Crippen LogP contribution in [0.5, 0.6) is 0 Å². The molecule has 0 saturated heterocycles. The Hall–Kier alpha value is -1.99. The summed E-state index contributed by atoms with van der Waals surface area (Å²) >= 11 is 7.50. The van der Waals surface area contributed by atoms with Gasteiger partial charge in [0.15, 0.2) is 18.0 Å². The second-order valence-corrected chi connectivity index (χ2v) is 12.2. The van der Waals surface area contributed by atoms with Crippen LogP contribution in [-0.4, -0.2) is 51.8 Å². The fraction of sp³-hybridized carbons (Fsp3) is 0.714. The van der Waals surface area contributed by atoms with E-state index in [4.69, 9.17) is 21.1 Å². The molecule has 0 amide bonds. The van der Waals surface area contributed by atoms with Gasteiger partial charge in [0.25, 0.3) is 0 Å². The monoisotopic (exact) mass is 520 g/mol. The molecule has 0 spiro atoms. The maximum absolute atomic E-state index is 13.7. The van der Waals surface area contributed by atoms with Crippen LogP contribution in [0.25, 0.3) is 0 Å². The third-order valence-corrected chi connectivity index (χ3v) is 10.6. The molecule has 0 bridgehead atoms. The number of Topliss-reactive ketones (excluding diaryl/α,β-unsaturated/α-hetero) is 1. The number of halogens is 1. The molecule has 4 aliphatic carbocycles. The van der Waals surface area contributed by atoms with Gasteiger partial charge in [-0.25, -0.2) is 0 Å². The number of ketones is 2. The van der Waals surface area contributed by atoms with Crippen LogP contribution in [0.2, 0.25) is 0 Å². The van der Waals surface area contributed by atoms with Crippen LogP contribution in [-0.2, 0) is 28.7 Å². The first-order valence-electron chi connectivity index (χ1n) is 13.0. The van der Waals surface area contributed by atoms with Gasteiger partial charge in [-0.15, -0.1) is 11.6 Å². The van der Waals surface area contributed by atoms with Gasteiger partial charge in [0.05, 0.1) is 11.0 Å². The average molecular weight is 521 g/mol. The van der Waals surface area contributed by atoms with Crippen molar-refractivity contribution in [1.29, 1.82) is 0 Å². The van der Waals surface area contributed by atoms with E-state index in [0.717, 1.165) is 5.57 Å². The first-order chi connectivity index (χ1) is 16.8. The van der Waals surface area contributed by atoms with Gasteiger partial charge in [-0.2, -0.15) is 0 Å². The van der Waals surface area contributed by atoms with Crippen molar-refractivity contribution < 1.29 is 33.8 Å². The Morgan fingerprint density at radius 2 is 1.92 bits per heavy atom. The Balaban J connectivity index is 1.80. The largest absolute Gasteiger partial charge is 0.458 e. The second kappa shape index (κ2) is 9.09. The van der Waals surface area contributed by atoms with E-state index in [1.54, 1.807) is 6.08 Å². The molecule has 198 valence electrons. The van der Waals surface area contributed by atoms with Crippen LogP contribution < -0.4 is 0 Å². The van der Waals surface area contributed by atoms with Crippen molar-refractivity contribution in [3.63, 3.8) is 0 Å². The smallest absolute Gasteiger partial charge is 0.306 e. The lowest BCUT2D eigenvalue weighted by Gasteiger charge is -2.65. The van der Waals surface area contributed by atoms with E-state index in [1.807, 2.05) is 26.8 Å². The van der Waals surface area contributed by atoms with Crippen molar-refractivity contribution in [2.75, 3.05) is 6.61 Å². The summed E-state index contributed by atoms with van der Waals surface area (Å²) in [6.07, 6.45) is 6.35. The minimum Gasteiger partial charge on any atom is -0.458 e. The summed E-state index contributed by atoms with van der Waals surface area (Å²) in [4.78, 5) is 49.1. The third-order valence-electron chi connectivity index (χ3n) is 9.69. The van der Waals surface area contributed by atoms with Gasteiger partial charge in [0, 0.05) is 24.2 Å².